The highest BCUT2D eigenvalue weighted by atomic mass is 16.5. The van der Waals surface area contributed by atoms with Crippen LogP contribution >= 0.6 is 0 Å². The molecule has 1 saturated heterocycles. The van der Waals surface area contributed by atoms with Crippen molar-refractivity contribution in [3.05, 3.63) is 61.2 Å². The highest BCUT2D eigenvalue weighted by Crippen LogP contribution is 2.32. The molecule has 1 aliphatic rings. The average Bonchev–Trinajstić information content (AvgIpc) is 3.05. The van der Waals surface area contributed by atoms with Gasteiger partial charge >= 0.3 is 0 Å². The number of nitrogens with zero attached hydrogens (tertiary/aromatic N) is 2. The molecule has 0 aliphatic carbocycles. The fourth-order valence-corrected chi connectivity index (χ4v) is 3.57. The van der Waals surface area contributed by atoms with E-state index in [0.717, 1.165) is 80.4 Å². The van der Waals surface area contributed by atoms with Gasteiger partial charge in [0.25, 0.3) is 0 Å². The first-order chi connectivity index (χ1) is 20.0. The zero-order valence-electron chi connectivity index (χ0n) is 28.3. The molecule has 0 bridgehead atoms. The van der Waals surface area contributed by atoms with Crippen molar-refractivity contribution in [2.75, 3.05) is 52.5 Å². The summed E-state index contributed by atoms with van der Waals surface area (Å²) >= 11 is 0. The average molecular weight is 577 g/mol. The van der Waals surface area contributed by atoms with Crippen molar-refractivity contribution in [3.63, 3.8) is 0 Å². The van der Waals surface area contributed by atoms with E-state index in [1.807, 2.05) is 53.7 Å². The van der Waals surface area contributed by atoms with E-state index in [0.29, 0.717) is 0 Å². The molecular weight excluding hydrogens is 512 g/mol. The number of rotatable bonds is 12. The van der Waals surface area contributed by atoms with E-state index >= 15 is 0 Å². The Balaban J connectivity index is -0.000000305. The van der Waals surface area contributed by atoms with Gasteiger partial charge in [0.1, 0.15) is 13.0 Å². The number of ether oxygens (including phenoxy) is 3. The number of benzene rings is 1. The quantitative estimate of drug-likeness (QED) is 0.107. The SMILES string of the molecule is C=C.C=C(/C(C=NC)=C/C)c1ccccc1N(C)C1CCCCO1.C=O.CC.CC.COCCCOCCC(C)C. The van der Waals surface area contributed by atoms with Gasteiger partial charge in [-0.05, 0) is 62.2 Å². The molecule has 0 saturated carbocycles. The highest BCUT2D eigenvalue weighted by molar-refractivity contribution is 6.02. The predicted molar refractivity (Wildman–Crippen MR) is 183 cm³/mol. The van der Waals surface area contributed by atoms with E-state index in [1.165, 1.54) is 6.42 Å². The largest absolute Gasteiger partial charge is 0.385 e. The fraction of sp³-hybridized carbons (Fsp3) is 0.600. The van der Waals surface area contributed by atoms with E-state index in [9.17, 15) is 0 Å². The Hall–Kier alpha value is -2.54. The summed E-state index contributed by atoms with van der Waals surface area (Å²) < 4.78 is 16.2. The molecule has 1 atom stereocenters. The van der Waals surface area contributed by atoms with Crippen LogP contribution in [-0.4, -0.2) is 66.9 Å². The second kappa shape index (κ2) is 35.5. The first kappa shape index (κ1) is 45.4. The molecule has 1 aromatic rings. The standard InChI is InChI=1S/C19H26N2O.C9H20O2.2C2H6.C2H4.CH2O/c1-5-16(14-20-3)15(2)17-10-6-7-11-18(17)21(4)19-12-8-9-13-22-19;1-9(2)5-8-11-7-4-6-10-3;4*1-2/h5-7,10-11,14,19H,2,8-9,12-13H2,1,3-4H3;9H,4-8H2,1-3H3;2*1-2H3;1-2H2;1H2/b16-5+,20-14?;;;;;. The van der Waals surface area contributed by atoms with Crippen LogP contribution in [0.5, 0.6) is 0 Å². The Morgan fingerprint density at radius 2 is 1.71 bits per heavy atom. The Bertz CT molecular complexity index is 754. The van der Waals surface area contributed by atoms with Crippen LogP contribution < -0.4 is 4.90 Å². The van der Waals surface area contributed by atoms with Crippen molar-refractivity contribution in [3.8, 4) is 0 Å². The molecule has 0 aromatic heterocycles. The molecule has 238 valence electrons. The van der Waals surface area contributed by atoms with Crippen molar-refractivity contribution < 1.29 is 19.0 Å². The van der Waals surface area contributed by atoms with Gasteiger partial charge in [0, 0.05) is 65.1 Å². The number of carbonyl (C=O) groups excluding carboxylic acids is 1. The van der Waals surface area contributed by atoms with Crippen LogP contribution in [0.3, 0.4) is 0 Å². The minimum Gasteiger partial charge on any atom is -0.385 e. The van der Waals surface area contributed by atoms with E-state index in [2.05, 4.69) is 74.8 Å². The lowest BCUT2D eigenvalue weighted by Crippen LogP contribution is -2.37. The maximum Gasteiger partial charge on any atom is 0.129 e. The van der Waals surface area contributed by atoms with Gasteiger partial charge in [0.15, 0.2) is 0 Å². The predicted octanol–water partition coefficient (Wildman–Crippen LogP) is 9.06. The van der Waals surface area contributed by atoms with Crippen LogP contribution in [-0.2, 0) is 19.0 Å². The van der Waals surface area contributed by atoms with Gasteiger partial charge in [0.2, 0.25) is 0 Å². The van der Waals surface area contributed by atoms with Gasteiger partial charge in [-0.25, -0.2) is 0 Å². The third kappa shape index (κ3) is 22.8. The molecule has 6 nitrogen and oxygen atoms in total. The number of carbonyl (C=O) groups is 1. The molecule has 2 rings (SSSR count). The monoisotopic (exact) mass is 576 g/mol. The summed E-state index contributed by atoms with van der Waals surface area (Å²) in [5.74, 6) is 0.748. The van der Waals surface area contributed by atoms with Crippen LogP contribution in [0.2, 0.25) is 0 Å². The number of hydrogen-bond donors (Lipinski definition) is 0. The Morgan fingerprint density at radius 1 is 1.10 bits per heavy atom. The van der Waals surface area contributed by atoms with Gasteiger partial charge in [-0.15, -0.1) is 13.2 Å². The van der Waals surface area contributed by atoms with E-state index in [1.54, 1.807) is 14.2 Å². The summed E-state index contributed by atoms with van der Waals surface area (Å²) in [4.78, 5) is 14.4. The van der Waals surface area contributed by atoms with E-state index in [4.69, 9.17) is 19.0 Å². The third-order valence-electron chi connectivity index (χ3n) is 5.60. The molecule has 0 radical (unpaired) electrons. The summed E-state index contributed by atoms with van der Waals surface area (Å²) in [7, 11) is 5.60. The topological polar surface area (TPSA) is 60.4 Å². The zero-order valence-corrected chi connectivity index (χ0v) is 28.3. The molecule has 1 fully saturated rings. The van der Waals surface area contributed by atoms with E-state index in [-0.39, 0.29) is 6.23 Å². The lowest BCUT2D eigenvalue weighted by Gasteiger charge is -2.34. The maximum absolute atomic E-state index is 8.00. The molecule has 1 aliphatic heterocycles. The number of aliphatic imine (C=N–C) groups is 1. The summed E-state index contributed by atoms with van der Waals surface area (Å²) in [6.45, 7) is 30.1. The van der Waals surface area contributed by atoms with Gasteiger partial charge in [0.05, 0.1) is 0 Å². The lowest BCUT2D eigenvalue weighted by atomic mass is 9.97. The van der Waals surface area contributed by atoms with E-state index < -0.39 is 0 Å². The minimum absolute atomic E-state index is 0.150. The maximum atomic E-state index is 8.00. The second-order valence-corrected chi connectivity index (χ2v) is 8.70. The first-order valence-electron chi connectivity index (χ1n) is 15.0. The van der Waals surface area contributed by atoms with Crippen molar-refractivity contribution in [1.29, 1.82) is 0 Å². The number of allylic oxidation sites excluding steroid dienone is 3. The second-order valence-electron chi connectivity index (χ2n) is 8.70. The van der Waals surface area contributed by atoms with Crippen molar-refractivity contribution in [2.24, 2.45) is 10.9 Å². The number of para-hydroxylation sites is 1. The molecule has 0 amide bonds. The van der Waals surface area contributed by atoms with Crippen LogP contribution in [0.25, 0.3) is 5.57 Å². The van der Waals surface area contributed by atoms with Gasteiger partial charge in [-0.3, -0.25) is 4.99 Å². The first-order valence-corrected chi connectivity index (χ1v) is 15.0. The number of hydrogen-bond acceptors (Lipinski definition) is 6. The summed E-state index contributed by atoms with van der Waals surface area (Å²) in [6.07, 6.45) is 9.68. The normalized spacial score (nSPS) is 13.8. The van der Waals surface area contributed by atoms with Gasteiger partial charge in [-0.1, -0.05) is 72.4 Å². The molecule has 0 spiro atoms. The number of anilines is 1. The molecular formula is C35H64N2O4. The summed E-state index contributed by atoms with van der Waals surface area (Å²) in [6, 6.07) is 8.36. The smallest absolute Gasteiger partial charge is 0.129 e. The molecule has 41 heavy (non-hydrogen) atoms. The summed E-state index contributed by atoms with van der Waals surface area (Å²) in [5.41, 5.74) is 4.33. The Morgan fingerprint density at radius 3 is 2.20 bits per heavy atom. The van der Waals surface area contributed by atoms with Gasteiger partial charge < -0.3 is 23.9 Å². The molecule has 1 heterocycles. The highest BCUT2D eigenvalue weighted by Gasteiger charge is 2.21. The Labute approximate surface area is 254 Å². The number of methoxy groups -OCH3 is 1. The lowest BCUT2D eigenvalue weighted by molar-refractivity contribution is -0.0980. The molecule has 1 unspecified atom stereocenters. The van der Waals surface area contributed by atoms with Crippen molar-refractivity contribution >= 4 is 24.3 Å². The molecule has 6 heteroatoms. The molecule has 0 N–H and O–H groups in total. The van der Waals surface area contributed by atoms with Crippen LogP contribution in [0, 0.1) is 5.92 Å². The van der Waals surface area contributed by atoms with Crippen LogP contribution in [0.4, 0.5) is 5.69 Å². The third-order valence-corrected chi connectivity index (χ3v) is 5.60. The molecule has 1 aromatic carbocycles. The van der Waals surface area contributed by atoms with Crippen LogP contribution in [0.1, 0.15) is 86.1 Å². The Kier molecular flexibility index (Phi) is 39.3. The fourth-order valence-electron chi connectivity index (χ4n) is 3.57. The van der Waals surface area contributed by atoms with Crippen molar-refractivity contribution in [2.45, 2.75) is 86.8 Å². The summed E-state index contributed by atoms with van der Waals surface area (Å²) in [5, 5.41) is 0. The van der Waals surface area contributed by atoms with Crippen LogP contribution in [0.15, 0.2) is 60.6 Å². The van der Waals surface area contributed by atoms with Crippen molar-refractivity contribution in [1.82, 2.24) is 0 Å². The van der Waals surface area contributed by atoms with Gasteiger partial charge in [-0.2, -0.15) is 0 Å². The zero-order chi connectivity index (χ0) is 32.5. The minimum atomic E-state index is 0.150.